The van der Waals surface area contributed by atoms with Gasteiger partial charge < -0.3 is 15.0 Å². The second-order valence-electron chi connectivity index (χ2n) is 6.56. The van der Waals surface area contributed by atoms with Crippen LogP contribution >= 0.6 is 11.8 Å². The minimum Gasteiger partial charge on any atom is -0.462 e. The molecule has 0 aliphatic heterocycles. The van der Waals surface area contributed by atoms with Crippen LogP contribution < -0.4 is 10.9 Å². The van der Waals surface area contributed by atoms with E-state index in [2.05, 4.69) is 15.3 Å². The topological polar surface area (TPSA) is 101 Å². The summed E-state index contributed by atoms with van der Waals surface area (Å²) in [5, 5.41) is 3.21. The smallest absolute Gasteiger partial charge is 0.338 e. The lowest BCUT2D eigenvalue weighted by Gasteiger charge is -2.14. The molecule has 1 aliphatic rings. The average Bonchev–Trinajstić information content (AvgIpc) is 2.71. The molecule has 1 aromatic heterocycles. The molecular weight excluding hydrogens is 378 g/mol. The number of nitrogens with zero attached hydrogens (tertiary/aromatic N) is 1. The summed E-state index contributed by atoms with van der Waals surface area (Å²) in [6, 6.07) is 6.62. The zero-order valence-corrected chi connectivity index (χ0v) is 16.6. The highest BCUT2D eigenvalue weighted by atomic mass is 32.2. The van der Waals surface area contributed by atoms with Crippen LogP contribution in [0.25, 0.3) is 0 Å². The van der Waals surface area contributed by atoms with E-state index in [1.165, 1.54) is 11.8 Å². The van der Waals surface area contributed by atoms with Crippen molar-refractivity contribution in [3.8, 4) is 0 Å². The fourth-order valence-corrected chi connectivity index (χ4v) is 3.66. The number of hydrogen-bond donors (Lipinski definition) is 2. The number of carbonyl (C=O) groups is 2. The molecule has 28 heavy (non-hydrogen) atoms. The van der Waals surface area contributed by atoms with Crippen LogP contribution in [0.3, 0.4) is 0 Å². The van der Waals surface area contributed by atoms with E-state index < -0.39 is 5.97 Å². The van der Waals surface area contributed by atoms with Crippen LogP contribution in [0, 0.1) is 0 Å². The number of carbonyl (C=O) groups excluding carboxylic acids is 2. The van der Waals surface area contributed by atoms with Crippen LogP contribution in [-0.4, -0.2) is 34.2 Å². The van der Waals surface area contributed by atoms with Gasteiger partial charge in [0.15, 0.2) is 5.16 Å². The van der Waals surface area contributed by atoms with Crippen molar-refractivity contribution >= 4 is 29.3 Å². The van der Waals surface area contributed by atoms with Gasteiger partial charge in [0, 0.05) is 11.3 Å². The second kappa shape index (κ2) is 9.54. The van der Waals surface area contributed by atoms with E-state index in [-0.39, 0.29) is 17.2 Å². The predicted molar refractivity (Wildman–Crippen MR) is 108 cm³/mol. The summed E-state index contributed by atoms with van der Waals surface area (Å²) in [6.07, 6.45) is 4.36. The highest BCUT2D eigenvalue weighted by molar-refractivity contribution is 7.99. The summed E-state index contributed by atoms with van der Waals surface area (Å²) in [6.45, 7) is 2.28. The Labute approximate surface area is 167 Å². The second-order valence-corrected chi connectivity index (χ2v) is 7.52. The van der Waals surface area contributed by atoms with E-state index >= 15 is 0 Å². The molecule has 2 aromatic rings. The van der Waals surface area contributed by atoms with Crippen molar-refractivity contribution in [3.63, 3.8) is 0 Å². The number of nitrogens with one attached hydrogen (secondary N) is 2. The van der Waals surface area contributed by atoms with Crippen LogP contribution in [0.4, 0.5) is 5.69 Å². The van der Waals surface area contributed by atoms with E-state index in [9.17, 15) is 14.4 Å². The number of esters is 1. The summed E-state index contributed by atoms with van der Waals surface area (Å²) in [5.74, 6) is -0.556. The minimum atomic E-state index is -0.414. The van der Waals surface area contributed by atoms with Crippen molar-refractivity contribution in [2.45, 2.75) is 44.2 Å². The Kier molecular flexibility index (Phi) is 6.86. The highest BCUT2D eigenvalue weighted by Gasteiger charge is 2.16. The molecule has 8 heteroatoms. The number of aromatic nitrogens is 2. The first-order chi connectivity index (χ1) is 13.6. The van der Waals surface area contributed by atoms with Crippen LogP contribution in [0.2, 0.25) is 0 Å². The van der Waals surface area contributed by atoms with Gasteiger partial charge in [-0.3, -0.25) is 9.59 Å². The van der Waals surface area contributed by atoms with Gasteiger partial charge in [0.05, 0.1) is 23.6 Å². The first-order valence-corrected chi connectivity index (χ1v) is 10.4. The molecule has 2 N–H and O–H groups in total. The first-order valence-electron chi connectivity index (χ1n) is 9.38. The Morgan fingerprint density at radius 3 is 2.93 bits per heavy atom. The molecule has 3 rings (SSSR count). The molecule has 0 radical (unpaired) electrons. The summed E-state index contributed by atoms with van der Waals surface area (Å²) in [4.78, 5) is 43.5. The molecule has 0 bridgehead atoms. The zero-order valence-electron chi connectivity index (χ0n) is 15.7. The normalized spacial score (nSPS) is 12.9. The van der Waals surface area contributed by atoms with E-state index in [1.54, 1.807) is 24.3 Å². The predicted octanol–water partition coefficient (Wildman–Crippen LogP) is 2.95. The number of anilines is 1. The van der Waals surface area contributed by atoms with Crippen molar-refractivity contribution in [2.24, 2.45) is 0 Å². The number of amides is 1. The third-order valence-corrected chi connectivity index (χ3v) is 5.20. The van der Waals surface area contributed by atoms with E-state index in [4.69, 9.17) is 4.74 Å². The van der Waals surface area contributed by atoms with Crippen LogP contribution in [0.1, 0.15) is 47.8 Å². The van der Waals surface area contributed by atoms with Crippen LogP contribution in [0.15, 0.2) is 34.2 Å². The largest absolute Gasteiger partial charge is 0.462 e. The Hall–Kier alpha value is -2.61. The zero-order chi connectivity index (χ0) is 19.9. The number of ether oxygens (including phenoxy) is 1. The number of H-pyrrole nitrogens is 1. The van der Waals surface area contributed by atoms with Crippen molar-refractivity contribution in [1.29, 1.82) is 0 Å². The number of thioether (sulfide) groups is 1. The first kappa shape index (κ1) is 20.1. The van der Waals surface area contributed by atoms with Gasteiger partial charge in [-0.05, 0) is 50.3 Å². The van der Waals surface area contributed by atoms with E-state index in [0.29, 0.717) is 23.0 Å². The summed E-state index contributed by atoms with van der Waals surface area (Å²) < 4.78 is 5.10. The molecule has 0 unspecified atom stereocenters. The third-order valence-electron chi connectivity index (χ3n) is 4.33. The van der Waals surface area contributed by atoms with Gasteiger partial charge in [-0.1, -0.05) is 24.8 Å². The quantitative estimate of drug-likeness (QED) is 0.420. The fourth-order valence-electron chi connectivity index (χ4n) is 2.98. The Bertz CT molecular complexity index is 926. The highest BCUT2D eigenvalue weighted by Crippen LogP contribution is 2.20. The maximum Gasteiger partial charge on any atom is 0.338 e. The monoisotopic (exact) mass is 401 g/mol. The van der Waals surface area contributed by atoms with Crippen molar-refractivity contribution < 1.29 is 14.3 Å². The lowest BCUT2D eigenvalue weighted by molar-refractivity contribution is -0.113. The molecule has 1 amide bonds. The number of benzene rings is 1. The molecule has 1 heterocycles. The Balaban J connectivity index is 1.58. The number of aryl methyl sites for hydroxylation is 1. The fraction of sp³-hybridized carbons (Fsp3) is 0.400. The summed E-state index contributed by atoms with van der Waals surface area (Å²) in [7, 11) is 0. The van der Waals surface area contributed by atoms with Gasteiger partial charge in [-0.15, -0.1) is 0 Å². The minimum absolute atomic E-state index is 0.103. The third kappa shape index (κ3) is 5.22. The number of hydrogen-bond acceptors (Lipinski definition) is 6. The van der Waals surface area contributed by atoms with Gasteiger partial charge >= 0.3 is 5.97 Å². The van der Waals surface area contributed by atoms with Crippen molar-refractivity contribution in [2.75, 3.05) is 17.7 Å². The van der Waals surface area contributed by atoms with Crippen molar-refractivity contribution in [3.05, 3.63) is 51.4 Å². The molecule has 0 fully saturated rings. The molecule has 1 aromatic carbocycles. The Morgan fingerprint density at radius 1 is 1.29 bits per heavy atom. The van der Waals surface area contributed by atoms with Crippen LogP contribution in [0.5, 0.6) is 0 Å². The van der Waals surface area contributed by atoms with Gasteiger partial charge in [0.1, 0.15) is 0 Å². The maximum atomic E-state index is 12.2. The number of rotatable bonds is 7. The molecule has 0 saturated carbocycles. The number of aromatic amines is 1. The molecule has 0 saturated heterocycles. The SMILES string of the molecule is CCCOC(=O)c1cccc(NC(=O)CSc2nc3c(c(=O)[nH]2)CCCC3)c1. The summed E-state index contributed by atoms with van der Waals surface area (Å²) in [5.41, 5.74) is 2.41. The van der Waals surface area contributed by atoms with Gasteiger partial charge in [0.2, 0.25) is 5.91 Å². The molecule has 0 atom stereocenters. The van der Waals surface area contributed by atoms with Gasteiger partial charge in [-0.2, -0.15) is 0 Å². The molecule has 0 spiro atoms. The maximum absolute atomic E-state index is 12.2. The molecular formula is C20H23N3O4S. The lowest BCUT2D eigenvalue weighted by atomic mass is 9.97. The van der Waals surface area contributed by atoms with Crippen LogP contribution in [-0.2, 0) is 22.4 Å². The molecule has 148 valence electrons. The average molecular weight is 401 g/mol. The molecule has 7 nitrogen and oxygen atoms in total. The van der Waals surface area contributed by atoms with Gasteiger partial charge in [-0.25, -0.2) is 9.78 Å². The van der Waals surface area contributed by atoms with E-state index in [0.717, 1.165) is 43.4 Å². The van der Waals surface area contributed by atoms with Crippen molar-refractivity contribution in [1.82, 2.24) is 9.97 Å². The Morgan fingerprint density at radius 2 is 2.11 bits per heavy atom. The standard InChI is InChI=1S/C20H23N3O4S/c1-2-10-27-19(26)13-6-5-7-14(11-13)21-17(24)12-28-20-22-16-9-4-3-8-15(16)18(25)23-20/h5-7,11H,2-4,8-10,12H2,1H3,(H,21,24)(H,22,23,25). The lowest BCUT2D eigenvalue weighted by Crippen LogP contribution is -2.22. The molecule has 1 aliphatic carbocycles. The summed E-state index contributed by atoms with van der Waals surface area (Å²) >= 11 is 1.19. The van der Waals surface area contributed by atoms with Gasteiger partial charge in [0.25, 0.3) is 5.56 Å². The van der Waals surface area contributed by atoms with E-state index in [1.807, 2.05) is 6.92 Å². The number of fused-ring (bicyclic) bond motifs is 1.